The van der Waals surface area contributed by atoms with Crippen molar-refractivity contribution in [2.45, 2.75) is 0 Å². The molecule has 0 saturated heterocycles. The van der Waals surface area contributed by atoms with Gasteiger partial charge in [0.15, 0.2) is 5.88 Å². The molecule has 2 rings (SSSR count). The molecule has 0 radical (unpaired) electrons. The molecular weight excluding hydrogens is 214 g/mol. The summed E-state index contributed by atoms with van der Waals surface area (Å²) in [6, 6.07) is 7.72. The van der Waals surface area contributed by atoms with Crippen LogP contribution in [0.5, 0.6) is 5.88 Å². The normalized spacial score (nSPS) is 10.6. The predicted octanol–water partition coefficient (Wildman–Crippen LogP) is 2.91. The summed E-state index contributed by atoms with van der Waals surface area (Å²) in [6.07, 6.45) is 1.91. The fourth-order valence-corrected chi connectivity index (χ4v) is 2.05. The Morgan fingerprint density at radius 1 is 1.43 bits per heavy atom. The third-order valence-electron chi connectivity index (χ3n) is 2.08. The van der Waals surface area contributed by atoms with Crippen LogP contribution >= 0.6 is 24.0 Å². The first kappa shape index (κ1) is 9.55. The van der Waals surface area contributed by atoms with E-state index in [9.17, 15) is 5.11 Å². The molecule has 1 aromatic heterocycles. The third kappa shape index (κ3) is 1.40. The summed E-state index contributed by atoms with van der Waals surface area (Å²) in [7, 11) is 0. The van der Waals surface area contributed by atoms with Gasteiger partial charge in [0.05, 0.1) is 9.76 Å². The molecule has 0 unspecified atom stereocenters. The average molecular weight is 223 g/mol. The average Bonchev–Trinajstić information content (AvgIpc) is 2.53. The van der Waals surface area contributed by atoms with Crippen LogP contribution in [0.15, 0.2) is 24.3 Å². The van der Waals surface area contributed by atoms with Gasteiger partial charge in [0, 0.05) is 10.9 Å². The molecule has 2 N–H and O–H groups in total. The fourth-order valence-electron chi connectivity index (χ4n) is 1.44. The first-order chi connectivity index (χ1) is 6.74. The van der Waals surface area contributed by atoms with Gasteiger partial charge in [0.1, 0.15) is 0 Å². The number of thioether (sulfide) groups is 1. The maximum atomic E-state index is 9.68. The first-order valence-electron chi connectivity index (χ1n) is 4.12. The highest BCUT2D eigenvalue weighted by Gasteiger charge is 2.13. The Balaban J connectivity index is 2.74. The van der Waals surface area contributed by atoms with Gasteiger partial charge in [-0.2, -0.15) is 0 Å². The quantitative estimate of drug-likeness (QED) is 0.730. The van der Waals surface area contributed by atoms with Gasteiger partial charge in [-0.05, 0) is 12.3 Å². The SMILES string of the molecule is CSC(=S)c1c(O)[nH]c2ccccc12. The van der Waals surface area contributed by atoms with Gasteiger partial charge in [0.25, 0.3) is 0 Å². The van der Waals surface area contributed by atoms with Gasteiger partial charge < -0.3 is 10.1 Å². The second-order valence-electron chi connectivity index (χ2n) is 2.89. The van der Waals surface area contributed by atoms with Crippen molar-refractivity contribution in [2.24, 2.45) is 0 Å². The molecule has 4 heteroatoms. The number of hydrogen-bond acceptors (Lipinski definition) is 3. The lowest BCUT2D eigenvalue weighted by Gasteiger charge is -1.97. The Morgan fingerprint density at radius 3 is 2.86 bits per heavy atom. The number of aromatic hydroxyl groups is 1. The number of thiocarbonyl (C=S) groups is 1. The van der Waals surface area contributed by atoms with Crippen molar-refractivity contribution in [3.63, 3.8) is 0 Å². The van der Waals surface area contributed by atoms with E-state index in [1.54, 1.807) is 0 Å². The molecule has 2 aromatic rings. The molecule has 1 aromatic carbocycles. The van der Waals surface area contributed by atoms with Crippen LogP contribution < -0.4 is 0 Å². The summed E-state index contributed by atoms with van der Waals surface area (Å²) in [6.45, 7) is 0. The Kier molecular flexibility index (Phi) is 2.48. The van der Waals surface area contributed by atoms with Crippen LogP contribution in [0.4, 0.5) is 0 Å². The van der Waals surface area contributed by atoms with E-state index in [0.717, 1.165) is 16.5 Å². The minimum absolute atomic E-state index is 0.158. The van der Waals surface area contributed by atoms with Crippen molar-refractivity contribution in [3.05, 3.63) is 29.8 Å². The number of aromatic amines is 1. The van der Waals surface area contributed by atoms with Crippen LogP contribution in [0.2, 0.25) is 0 Å². The maximum absolute atomic E-state index is 9.68. The van der Waals surface area contributed by atoms with Crippen LogP contribution in [0.1, 0.15) is 5.56 Å². The second-order valence-corrected chi connectivity index (χ2v) is 4.37. The number of H-pyrrole nitrogens is 1. The van der Waals surface area contributed by atoms with Gasteiger partial charge in [-0.25, -0.2) is 0 Å². The van der Waals surface area contributed by atoms with E-state index < -0.39 is 0 Å². The number of para-hydroxylation sites is 1. The monoisotopic (exact) mass is 223 g/mol. The molecule has 0 aliphatic heterocycles. The van der Waals surface area contributed by atoms with Crippen LogP contribution in [0, 0.1) is 0 Å². The van der Waals surface area contributed by atoms with Gasteiger partial charge >= 0.3 is 0 Å². The lowest BCUT2D eigenvalue weighted by molar-refractivity contribution is 0.458. The number of hydrogen-bond donors (Lipinski definition) is 2. The predicted molar refractivity (Wildman–Crippen MR) is 65.2 cm³/mol. The van der Waals surface area contributed by atoms with E-state index >= 15 is 0 Å². The summed E-state index contributed by atoms with van der Waals surface area (Å²) >= 11 is 6.64. The van der Waals surface area contributed by atoms with E-state index in [1.165, 1.54) is 11.8 Å². The highest BCUT2D eigenvalue weighted by Crippen LogP contribution is 2.30. The van der Waals surface area contributed by atoms with E-state index in [4.69, 9.17) is 12.2 Å². The van der Waals surface area contributed by atoms with Crippen LogP contribution in [0.3, 0.4) is 0 Å². The Labute approximate surface area is 91.3 Å². The number of nitrogens with one attached hydrogen (secondary N) is 1. The zero-order valence-corrected chi connectivity index (χ0v) is 9.21. The standard InChI is InChI=1S/C10H9NOS2/c1-14-10(13)8-6-4-2-3-5-7(6)11-9(8)12/h2-5,11-12H,1H3. The van der Waals surface area contributed by atoms with Crippen molar-refractivity contribution in [1.29, 1.82) is 0 Å². The van der Waals surface area contributed by atoms with Crippen LogP contribution in [-0.2, 0) is 0 Å². The van der Waals surface area contributed by atoms with Crippen LogP contribution in [-0.4, -0.2) is 20.5 Å². The molecule has 0 aliphatic carbocycles. The van der Waals surface area contributed by atoms with Gasteiger partial charge in [-0.15, -0.1) is 11.8 Å². The van der Waals surface area contributed by atoms with E-state index in [2.05, 4.69) is 4.98 Å². The molecule has 0 fully saturated rings. The highest BCUT2D eigenvalue weighted by atomic mass is 32.2. The minimum atomic E-state index is 0.158. The molecule has 14 heavy (non-hydrogen) atoms. The lowest BCUT2D eigenvalue weighted by Crippen LogP contribution is -1.88. The topological polar surface area (TPSA) is 36.0 Å². The molecule has 0 aliphatic rings. The van der Waals surface area contributed by atoms with Gasteiger partial charge in [0.2, 0.25) is 0 Å². The number of fused-ring (bicyclic) bond motifs is 1. The summed E-state index contributed by atoms with van der Waals surface area (Å²) in [5.41, 5.74) is 1.65. The van der Waals surface area contributed by atoms with Gasteiger partial charge in [-0.1, -0.05) is 30.4 Å². The summed E-state index contributed by atoms with van der Waals surface area (Å²) in [5, 5.41) is 10.7. The highest BCUT2D eigenvalue weighted by molar-refractivity contribution is 8.23. The lowest BCUT2D eigenvalue weighted by atomic mass is 10.2. The molecule has 0 saturated carbocycles. The Morgan fingerprint density at radius 2 is 2.14 bits per heavy atom. The van der Waals surface area contributed by atoms with Crippen molar-refractivity contribution < 1.29 is 5.11 Å². The summed E-state index contributed by atoms with van der Waals surface area (Å²) in [5.74, 6) is 0.158. The molecule has 72 valence electrons. The minimum Gasteiger partial charge on any atom is -0.494 e. The number of rotatable bonds is 1. The van der Waals surface area contributed by atoms with Crippen molar-refractivity contribution in [2.75, 3.05) is 6.26 Å². The van der Waals surface area contributed by atoms with E-state index in [-0.39, 0.29) is 5.88 Å². The van der Waals surface area contributed by atoms with Crippen molar-refractivity contribution in [1.82, 2.24) is 4.98 Å². The molecule has 1 heterocycles. The second kappa shape index (κ2) is 3.63. The first-order valence-corrected chi connectivity index (χ1v) is 5.75. The molecule has 0 atom stereocenters. The Hall–Kier alpha value is -1.00. The molecule has 2 nitrogen and oxygen atoms in total. The summed E-state index contributed by atoms with van der Waals surface area (Å²) < 4.78 is 0.708. The van der Waals surface area contributed by atoms with E-state index in [1.807, 2.05) is 30.5 Å². The zero-order valence-electron chi connectivity index (χ0n) is 7.57. The van der Waals surface area contributed by atoms with Crippen LogP contribution in [0.25, 0.3) is 10.9 Å². The Bertz CT molecular complexity index is 490. The number of benzene rings is 1. The molecule has 0 amide bonds. The van der Waals surface area contributed by atoms with E-state index in [0.29, 0.717) is 4.20 Å². The van der Waals surface area contributed by atoms with Gasteiger partial charge in [-0.3, -0.25) is 0 Å². The third-order valence-corrected chi connectivity index (χ3v) is 3.35. The molecule has 0 bridgehead atoms. The summed E-state index contributed by atoms with van der Waals surface area (Å²) in [4.78, 5) is 2.90. The molecular formula is C10H9NOS2. The number of aromatic nitrogens is 1. The molecule has 0 spiro atoms. The van der Waals surface area contributed by atoms with Crippen molar-refractivity contribution in [3.8, 4) is 5.88 Å². The smallest absolute Gasteiger partial charge is 0.198 e. The van der Waals surface area contributed by atoms with Crippen molar-refractivity contribution >= 4 is 39.1 Å². The zero-order chi connectivity index (χ0) is 10.1. The largest absolute Gasteiger partial charge is 0.494 e. The fraction of sp³-hybridized carbons (Fsp3) is 0.100. The maximum Gasteiger partial charge on any atom is 0.198 e.